The maximum Gasteiger partial charge on any atom is 0.277 e. The third kappa shape index (κ3) is 4.64. The summed E-state index contributed by atoms with van der Waals surface area (Å²) < 4.78 is 11.8. The minimum Gasteiger partial charge on any atom is -0.495 e. The summed E-state index contributed by atoms with van der Waals surface area (Å²) in [6.07, 6.45) is 0. The number of benzene rings is 2. The van der Waals surface area contributed by atoms with Crippen LogP contribution in [0.5, 0.6) is 5.75 Å². The molecule has 3 aromatic rings. The summed E-state index contributed by atoms with van der Waals surface area (Å²) in [6.45, 7) is 1.95. The third-order valence-electron chi connectivity index (χ3n) is 3.43. The Kier molecular flexibility index (Phi) is 5.95. The molecule has 0 aliphatic heterocycles. The number of thioether (sulfide) groups is 1. The van der Waals surface area contributed by atoms with Crippen molar-refractivity contribution in [3.63, 3.8) is 0 Å². The number of aryl methyl sites for hydroxylation is 1. The van der Waals surface area contributed by atoms with Gasteiger partial charge in [-0.15, -0.1) is 10.2 Å². The summed E-state index contributed by atoms with van der Waals surface area (Å²) >= 11 is 4.59. The summed E-state index contributed by atoms with van der Waals surface area (Å²) in [5.41, 5.74) is 2.48. The molecule has 0 aliphatic rings. The highest BCUT2D eigenvalue weighted by Gasteiger charge is 2.13. The molecule has 6 nitrogen and oxygen atoms in total. The SMILES string of the molecule is COc1ccc(C)cc1NC(=O)CSc1nnc(-c2cccc(Br)c2)o1. The monoisotopic (exact) mass is 433 g/mol. The molecule has 3 rings (SSSR count). The van der Waals surface area contributed by atoms with E-state index in [0.29, 0.717) is 22.6 Å². The fourth-order valence-corrected chi connectivity index (χ4v) is 3.20. The number of aromatic nitrogens is 2. The highest BCUT2D eigenvalue weighted by atomic mass is 79.9. The first-order chi connectivity index (χ1) is 12.5. The van der Waals surface area contributed by atoms with Gasteiger partial charge in [0.15, 0.2) is 0 Å². The molecule has 0 fully saturated rings. The number of ether oxygens (including phenoxy) is 1. The van der Waals surface area contributed by atoms with Gasteiger partial charge in [0.05, 0.1) is 18.6 Å². The molecule has 0 unspecified atom stereocenters. The van der Waals surface area contributed by atoms with Gasteiger partial charge in [-0.25, -0.2) is 0 Å². The van der Waals surface area contributed by atoms with Gasteiger partial charge in [-0.05, 0) is 42.8 Å². The van der Waals surface area contributed by atoms with Crippen LogP contribution in [-0.4, -0.2) is 29.0 Å². The molecule has 0 saturated carbocycles. The molecule has 1 amide bonds. The number of hydrogen-bond donors (Lipinski definition) is 1. The first kappa shape index (κ1) is 18.5. The van der Waals surface area contributed by atoms with E-state index in [2.05, 4.69) is 31.4 Å². The van der Waals surface area contributed by atoms with Crippen molar-refractivity contribution < 1.29 is 13.9 Å². The quantitative estimate of drug-likeness (QED) is 0.574. The van der Waals surface area contributed by atoms with Gasteiger partial charge in [0.2, 0.25) is 11.8 Å². The molecule has 1 aromatic heterocycles. The molecule has 0 atom stereocenters. The molecule has 0 spiro atoms. The van der Waals surface area contributed by atoms with Gasteiger partial charge in [-0.3, -0.25) is 4.79 Å². The van der Waals surface area contributed by atoms with Crippen LogP contribution in [0.25, 0.3) is 11.5 Å². The van der Waals surface area contributed by atoms with Crippen LogP contribution >= 0.6 is 27.7 Å². The Labute approximate surface area is 163 Å². The summed E-state index contributed by atoms with van der Waals surface area (Å²) in [7, 11) is 1.57. The lowest BCUT2D eigenvalue weighted by atomic mass is 10.2. The Morgan fingerprint density at radius 1 is 1.27 bits per heavy atom. The van der Waals surface area contributed by atoms with E-state index >= 15 is 0 Å². The maximum atomic E-state index is 12.2. The molecule has 8 heteroatoms. The Balaban J connectivity index is 1.61. The van der Waals surface area contributed by atoms with Crippen molar-refractivity contribution in [2.45, 2.75) is 12.1 Å². The number of carbonyl (C=O) groups excluding carboxylic acids is 1. The van der Waals surface area contributed by atoms with E-state index in [4.69, 9.17) is 9.15 Å². The lowest BCUT2D eigenvalue weighted by Crippen LogP contribution is -2.14. The second kappa shape index (κ2) is 8.37. The number of halogens is 1. The predicted octanol–water partition coefficient (Wildman–Crippen LogP) is 4.55. The zero-order valence-corrected chi connectivity index (χ0v) is 16.6. The van der Waals surface area contributed by atoms with E-state index in [1.54, 1.807) is 7.11 Å². The molecule has 0 aliphatic carbocycles. The van der Waals surface area contributed by atoms with E-state index in [-0.39, 0.29) is 11.7 Å². The summed E-state index contributed by atoms with van der Waals surface area (Å²) in [4.78, 5) is 12.2. The van der Waals surface area contributed by atoms with E-state index in [1.807, 2.05) is 49.4 Å². The van der Waals surface area contributed by atoms with Gasteiger partial charge in [0, 0.05) is 10.0 Å². The molecule has 1 heterocycles. The Morgan fingerprint density at radius 2 is 2.12 bits per heavy atom. The largest absolute Gasteiger partial charge is 0.495 e. The van der Waals surface area contributed by atoms with Crippen molar-refractivity contribution in [2.75, 3.05) is 18.2 Å². The van der Waals surface area contributed by atoms with Crippen molar-refractivity contribution in [2.24, 2.45) is 0 Å². The number of hydrogen-bond acceptors (Lipinski definition) is 6. The zero-order valence-electron chi connectivity index (χ0n) is 14.2. The molecule has 0 radical (unpaired) electrons. The first-order valence-corrected chi connectivity index (χ1v) is 9.50. The van der Waals surface area contributed by atoms with E-state index in [0.717, 1.165) is 15.6 Å². The fraction of sp³-hybridized carbons (Fsp3) is 0.167. The van der Waals surface area contributed by atoms with Crippen LogP contribution in [0.4, 0.5) is 5.69 Å². The van der Waals surface area contributed by atoms with Crippen molar-refractivity contribution in [3.05, 3.63) is 52.5 Å². The van der Waals surface area contributed by atoms with Gasteiger partial charge >= 0.3 is 0 Å². The van der Waals surface area contributed by atoms with Crippen molar-refractivity contribution in [3.8, 4) is 17.2 Å². The van der Waals surface area contributed by atoms with Crippen LogP contribution in [0.15, 0.2) is 56.6 Å². The molecular formula is C18H16BrN3O3S. The van der Waals surface area contributed by atoms with Crippen LogP contribution < -0.4 is 10.1 Å². The summed E-state index contributed by atoms with van der Waals surface area (Å²) in [5.74, 6) is 0.997. The zero-order chi connectivity index (χ0) is 18.5. The summed E-state index contributed by atoms with van der Waals surface area (Å²) in [6, 6.07) is 13.2. The van der Waals surface area contributed by atoms with Gasteiger partial charge < -0.3 is 14.5 Å². The van der Waals surface area contributed by atoms with E-state index < -0.39 is 0 Å². The van der Waals surface area contributed by atoms with Crippen molar-refractivity contribution in [1.29, 1.82) is 0 Å². The number of nitrogens with one attached hydrogen (secondary N) is 1. The van der Waals surface area contributed by atoms with Gasteiger partial charge in [0.1, 0.15) is 5.75 Å². The first-order valence-electron chi connectivity index (χ1n) is 7.72. The molecule has 26 heavy (non-hydrogen) atoms. The Hall–Kier alpha value is -2.32. The average Bonchev–Trinajstić information content (AvgIpc) is 3.09. The number of rotatable bonds is 6. The number of methoxy groups -OCH3 is 1. The second-order valence-corrected chi connectivity index (χ2v) is 7.27. The number of carbonyl (C=O) groups is 1. The van der Waals surface area contributed by atoms with Crippen LogP contribution in [-0.2, 0) is 4.79 Å². The number of nitrogens with zero attached hydrogens (tertiary/aromatic N) is 2. The molecule has 134 valence electrons. The summed E-state index contributed by atoms with van der Waals surface area (Å²) in [5, 5.41) is 11.2. The maximum absolute atomic E-state index is 12.2. The van der Waals surface area contributed by atoms with Crippen LogP contribution in [0, 0.1) is 6.92 Å². The highest BCUT2D eigenvalue weighted by Crippen LogP contribution is 2.27. The smallest absolute Gasteiger partial charge is 0.277 e. The van der Waals surface area contributed by atoms with Crippen molar-refractivity contribution in [1.82, 2.24) is 10.2 Å². The topological polar surface area (TPSA) is 77.2 Å². The number of amides is 1. The molecule has 2 aromatic carbocycles. The Bertz CT molecular complexity index is 930. The molecule has 1 N–H and O–H groups in total. The fourth-order valence-electron chi connectivity index (χ4n) is 2.24. The normalized spacial score (nSPS) is 10.6. The predicted molar refractivity (Wildman–Crippen MR) is 105 cm³/mol. The van der Waals surface area contributed by atoms with Crippen molar-refractivity contribution >= 4 is 39.3 Å². The lowest BCUT2D eigenvalue weighted by molar-refractivity contribution is -0.113. The van der Waals surface area contributed by atoms with E-state index in [1.165, 1.54) is 11.8 Å². The minimum atomic E-state index is -0.180. The Morgan fingerprint density at radius 3 is 2.88 bits per heavy atom. The van der Waals surface area contributed by atoms with Crippen LogP contribution in [0.3, 0.4) is 0 Å². The second-order valence-electron chi connectivity index (χ2n) is 5.42. The third-order valence-corrected chi connectivity index (χ3v) is 4.75. The van der Waals surface area contributed by atoms with Gasteiger partial charge in [-0.1, -0.05) is 39.8 Å². The highest BCUT2D eigenvalue weighted by molar-refractivity contribution is 9.10. The standard InChI is InChI=1S/C18H16BrN3O3S/c1-11-6-7-15(24-2)14(8-11)20-16(23)10-26-18-22-21-17(25-18)12-4-3-5-13(19)9-12/h3-9H,10H2,1-2H3,(H,20,23). The van der Waals surface area contributed by atoms with Gasteiger partial charge in [-0.2, -0.15) is 0 Å². The van der Waals surface area contributed by atoms with Crippen LogP contribution in [0.2, 0.25) is 0 Å². The van der Waals surface area contributed by atoms with Gasteiger partial charge in [0.25, 0.3) is 5.22 Å². The molecular weight excluding hydrogens is 418 g/mol. The molecule has 0 bridgehead atoms. The average molecular weight is 434 g/mol. The van der Waals surface area contributed by atoms with Crippen LogP contribution in [0.1, 0.15) is 5.56 Å². The number of anilines is 1. The van der Waals surface area contributed by atoms with E-state index in [9.17, 15) is 4.79 Å². The molecule has 0 saturated heterocycles. The lowest BCUT2D eigenvalue weighted by Gasteiger charge is -2.10. The minimum absolute atomic E-state index is 0.150.